The molecule has 1 aliphatic heterocycles. The van der Waals surface area contributed by atoms with Crippen molar-refractivity contribution in [3.05, 3.63) is 30.1 Å². The second kappa shape index (κ2) is 13.1. The molecule has 0 spiro atoms. The average molecular weight is 494 g/mol. The van der Waals surface area contributed by atoms with E-state index in [-0.39, 0.29) is 42.9 Å². The van der Waals surface area contributed by atoms with Crippen molar-refractivity contribution in [3.8, 4) is 5.75 Å². The van der Waals surface area contributed by atoms with Gasteiger partial charge in [-0.05, 0) is 57.1 Å². The number of aliphatic hydroxyl groups is 1. The third-order valence-corrected chi connectivity index (χ3v) is 4.47. The van der Waals surface area contributed by atoms with Crippen molar-refractivity contribution in [2.24, 2.45) is 4.99 Å². The fourth-order valence-corrected chi connectivity index (χ4v) is 3.07. The summed E-state index contributed by atoms with van der Waals surface area (Å²) < 4.78 is 18.3. The van der Waals surface area contributed by atoms with E-state index in [1.54, 1.807) is 0 Å². The second-order valence-corrected chi connectivity index (χ2v) is 6.44. The Bertz CT molecular complexity index is 559. The average Bonchev–Trinajstić information content (AvgIpc) is 3.11. The SMILES string of the molecule is CCNC(=NCC(O)COc1ccc(F)cc1)NCC1CCCN1CC.I. The Balaban J connectivity index is 0.00000364. The number of likely N-dealkylation sites (tertiary alicyclic amines) is 1. The van der Waals surface area contributed by atoms with Crippen molar-refractivity contribution in [2.45, 2.75) is 38.8 Å². The minimum atomic E-state index is -0.728. The molecular formula is C19H32FIN4O2. The van der Waals surface area contributed by atoms with Crippen LogP contribution in [-0.4, -0.2) is 67.4 Å². The van der Waals surface area contributed by atoms with E-state index in [9.17, 15) is 9.50 Å². The maximum absolute atomic E-state index is 12.9. The Morgan fingerprint density at radius 3 is 2.74 bits per heavy atom. The van der Waals surface area contributed by atoms with Crippen LogP contribution in [0, 0.1) is 5.82 Å². The second-order valence-electron chi connectivity index (χ2n) is 6.44. The van der Waals surface area contributed by atoms with Crippen molar-refractivity contribution in [2.75, 3.05) is 39.3 Å². The summed E-state index contributed by atoms with van der Waals surface area (Å²) in [7, 11) is 0. The van der Waals surface area contributed by atoms with Gasteiger partial charge in [0.25, 0.3) is 0 Å². The Morgan fingerprint density at radius 2 is 2.07 bits per heavy atom. The van der Waals surface area contributed by atoms with Gasteiger partial charge in [0, 0.05) is 19.1 Å². The third-order valence-electron chi connectivity index (χ3n) is 4.47. The number of likely N-dealkylation sites (N-methyl/N-ethyl adjacent to an activating group) is 1. The Kier molecular flexibility index (Phi) is 11.6. The molecule has 1 aromatic rings. The van der Waals surface area contributed by atoms with Gasteiger partial charge in [-0.3, -0.25) is 9.89 Å². The fraction of sp³-hybridized carbons (Fsp3) is 0.632. The number of ether oxygens (including phenoxy) is 1. The number of aliphatic imine (C=N–C) groups is 1. The lowest BCUT2D eigenvalue weighted by Gasteiger charge is -2.24. The van der Waals surface area contributed by atoms with Crippen molar-refractivity contribution >= 4 is 29.9 Å². The Labute approximate surface area is 178 Å². The van der Waals surface area contributed by atoms with E-state index < -0.39 is 6.10 Å². The van der Waals surface area contributed by atoms with Crippen molar-refractivity contribution in [1.82, 2.24) is 15.5 Å². The molecule has 0 aliphatic carbocycles. The van der Waals surface area contributed by atoms with Crippen molar-refractivity contribution in [3.63, 3.8) is 0 Å². The molecule has 6 nitrogen and oxygen atoms in total. The summed E-state index contributed by atoms with van der Waals surface area (Å²) in [6.07, 6.45) is 1.72. The number of halogens is 2. The standard InChI is InChI=1S/C19H31FN4O2.HI/c1-3-21-19(22-12-16-6-5-11-24(16)4-2)23-13-17(25)14-26-18-9-7-15(20)8-10-18;/h7-10,16-17,25H,3-6,11-14H2,1-2H3,(H2,21,22,23);1H. The van der Waals surface area contributed by atoms with E-state index in [4.69, 9.17) is 4.74 Å². The van der Waals surface area contributed by atoms with Crippen molar-refractivity contribution in [1.29, 1.82) is 0 Å². The molecule has 27 heavy (non-hydrogen) atoms. The summed E-state index contributed by atoms with van der Waals surface area (Å²) in [5.41, 5.74) is 0. The molecule has 0 aromatic heterocycles. The molecule has 154 valence electrons. The zero-order chi connectivity index (χ0) is 18.8. The minimum absolute atomic E-state index is 0. The van der Waals surface area contributed by atoms with Gasteiger partial charge in [-0.1, -0.05) is 6.92 Å². The lowest BCUT2D eigenvalue weighted by molar-refractivity contribution is 0.114. The number of aliphatic hydroxyl groups excluding tert-OH is 1. The Morgan fingerprint density at radius 1 is 1.33 bits per heavy atom. The van der Waals surface area contributed by atoms with Crippen LogP contribution in [0.15, 0.2) is 29.3 Å². The maximum atomic E-state index is 12.9. The molecule has 1 fully saturated rings. The van der Waals surface area contributed by atoms with E-state index in [1.807, 2.05) is 6.92 Å². The summed E-state index contributed by atoms with van der Waals surface area (Å²) in [5, 5.41) is 16.6. The summed E-state index contributed by atoms with van der Waals surface area (Å²) in [6, 6.07) is 6.28. The first-order valence-corrected chi connectivity index (χ1v) is 9.45. The van der Waals surface area contributed by atoms with Gasteiger partial charge in [0.1, 0.15) is 24.3 Å². The van der Waals surface area contributed by atoms with Crippen LogP contribution in [0.25, 0.3) is 0 Å². The highest BCUT2D eigenvalue weighted by Gasteiger charge is 2.22. The van der Waals surface area contributed by atoms with Gasteiger partial charge in [0.2, 0.25) is 0 Å². The minimum Gasteiger partial charge on any atom is -0.491 e. The van der Waals surface area contributed by atoms with Crippen LogP contribution in [0.2, 0.25) is 0 Å². The molecule has 8 heteroatoms. The first kappa shape index (κ1) is 23.9. The first-order chi connectivity index (χ1) is 12.6. The molecule has 0 amide bonds. The van der Waals surface area contributed by atoms with Crippen LogP contribution >= 0.6 is 24.0 Å². The van der Waals surface area contributed by atoms with Crippen LogP contribution < -0.4 is 15.4 Å². The predicted molar refractivity (Wildman–Crippen MR) is 118 cm³/mol. The first-order valence-electron chi connectivity index (χ1n) is 9.45. The quantitative estimate of drug-likeness (QED) is 0.279. The van der Waals surface area contributed by atoms with Gasteiger partial charge in [0.05, 0.1) is 6.54 Å². The number of hydrogen-bond donors (Lipinski definition) is 3. The van der Waals surface area contributed by atoms with Crippen LogP contribution in [0.5, 0.6) is 5.75 Å². The van der Waals surface area contributed by atoms with Gasteiger partial charge in [-0.25, -0.2) is 4.39 Å². The molecule has 2 unspecified atom stereocenters. The number of nitrogens with one attached hydrogen (secondary N) is 2. The molecule has 2 atom stereocenters. The molecule has 0 radical (unpaired) electrons. The highest BCUT2D eigenvalue weighted by molar-refractivity contribution is 14.0. The zero-order valence-electron chi connectivity index (χ0n) is 16.2. The van der Waals surface area contributed by atoms with Gasteiger partial charge in [-0.15, -0.1) is 24.0 Å². The number of rotatable bonds is 9. The van der Waals surface area contributed by atoms with E-state index in [1.165, 1.54) is 37.1 Å². The molecular weight excluding hydrogens is 462 g/mol. The maximum Gasteiger partial charge on any atom is 0.191 e. The summed E-state index contributed by atoms with van der Waals surface area (Å²) in [4.78, 5) is 6.91. The van der Waals surface area contributed by atoms with E-state index in [2.05, 4.69) is 27.4 Å². The van der Waals surface area contributed by atoms with E-state index >= 15 is 0 Å². The van der Waals surface area contributed by atoms with Gasteiger partial charge >= 0.3 is 0 Å². The van der Waals surface area contributed by atoms with Gasteiger partial charge in [-0.2, -0.15) is 0 Å². The molecule has 0 saturated carbocycles. The molecule has 1 aromatic carbocycles. The smallest absolute Gasteiger partial charge is 0.191 e. The zero-order valence-corrected chi connectivity index (χ0v) is 18.5. The largest absolute Gasteiger partial charge is 0.491 e. The van der Waals surface area contributed by atoms with E-state index in [0.717, 1.165) is 26.2 Å². The molecule has 2 rings (SSSR count). The van der Waals surface area contributed by atoms with Crippen LogP contribution in [0.4, 0.5) is 4.39 Å². The highest BCUT2D eigenvalue weighted by atomic mass is 127. The van der Waals surface area contributed by atoms with Gasteiger partial charge in [0.15, 0.2) is 5.96 Å². The normalized spacial score (nSPS) is 18.7. The fourth-order valence-electron chi connectivity index (χ4n) is 3.07. The molecule has 1 aliphatic rings. The monoisotopic (exact) mass is 494 g/mol. The van der Waals surface area contributed by atoms with Gasteiger partial charge < -0.3 is 20.5 Å². The highest BCUT2D eigenvalue weighted by Crippen LogP contribution is 2.15. The van der Waals surface area contributed by atoms with Crippen LogP contribution in [0.1, 0.15) is 26.7 Å². The molecule has 1 saturated heterocycles. The number of benzene rings is 1. The number of nitrogens with zero attached hydrogens (tertiary/aromatic N) is 2. The number of guanidine groups is 1. The topological polar surface area (TPSA) is 69.1 Å². The molecule has 3 N–H and O–H groups in total. The van der Waals surface area contributed by atoms with Crippen molar-refractivity contribution < 1.29 is 14.2 Å². The van der Waals surface area contributed by atoms with E-state index in [0.29, 0.717) is 17.8 Å². The lowest BCUT2D eigenvalue weighted by atomic mass is 10.2. The van der Waals surface area contributed by atoms with Crippen LogP contribution in [0.3, 0.4) is 0 Å². The van der Waals surface area contributed by atoms with Crippen LogP contribution in [-0.2, 0) is 0 Å². The summed E-state index contributed by atoms with van der Waals surface area (Å²) in [5.74, 6) is 0.921. The predicted octanol–water partition coefficient (Wildman–Crippen LogP) is 2.22. The third kappa shape index (κ3) is 8.61. The molecule has 1 heterocycles. The lowest BCUT2D eigenvalue weighted by Crippen LogP contribution is -2.45. The molecule has 0 bridgehead atoms. The number of hydrogen-bond acceptors (Lipinski definition) is 4. The summed E-state index contributed by atoms with van der Waals surface area (Å²) in [6.45, 7) is 8.39. The summed E-state index contributed by atoms with van der Waals surface area (Å²) >= 11 is 0. The Hall–Kier alpha value is -1.13.